The van der Waals surface area contributed by atoms with E-state index in [9.17, 15) is 0 Å². The molecule has 0 unspecified atom stereocenters. The molecule has 230 valence electrons. The van der Waals surface area contributed by atoms with Gasteiger partial charge < -0.3 is 9.47 Å². The molecule has 0 atom stereocenters. The highest BCUT2D eigenvalue weighted by Crippen LogP contribution is 2.50. The number of thiophene rings is 1. The van der Waals surface area contributed by atoms with Gasteiger partial charge in [0.25, 0.3) is 0 Å². The second kappa shape index (κ2) is 11.2. The summed E-state index contributed by atoms with van der Waals surface area (Å²) in [6, 6.07) is 66.1. The average Bonchev–Trinajstić information content (AvgIpc) is 3.72. The van der Waals surface area contributed by atoms with E-state index in [0.717, 1.165) is 17.1 Å². The standard InChI is InChI=1S/C46H30N2S/c1-3-16-31(17-4-1)33-20-9-12-25-38(33)48(42-30-44-45(35-22-8-7-21-34(35)42)37-24-11-14-29-43(37)49-44)41-28-15-27-40-46(41)36-23-10-13-26-39(36)47(40)32-18-5-2-6-19-32/h1-30H. The minimum absolute atomic E-state index is 1.14. The van der Waals surface area contributed by atoms with Crippen molar-refractivity contribution < 1.29 is 0 Å². The molecule has 2 nitrogen and oxygen atoms in total. The number of hydrogen-bond acceptors (Lipinski definition) is 2. The van der Waals surface area contributed by atoms with Gasteiger partial charge in [-0.2, -0.15) is 0 Å². The Bertz CT molecular complexity index is 2830. The Morgan fingerprint density at radius 3 is 1.84 bits per heavy atom. The molecule has 0 aliphatic carbocycles. The van der Waals surface area contributed by atoms with Crippen LogP contribution in [0.3, 0.4) is 0 Å². The first kappa shape index (κ1) is 27.9. The van der Waals surface area contributed by atoms with Gasteiger partial charge in [-0.1, -0.05) is 133 Å². The van der Waals surface area contributed by atoms with E-state index in [1.165, 1.54) is 69.6 Å². The van der Waals surface area contributed by atoms with Gasteiger partial charge in [0.1, 0.15) is 0 Å². The largest absolute Gasteiger partial charge is 0.309 e. The predicted octanol–water partition coefficient (Wildman–Crippen LogP) is 13.4. The van der Waals surface area contributed by atoms with Gasteiger partial charge in [-0.3, -0.25) is 0 Å². The van der Waals surface area contributed by atoms with Crippen LogP contribution >= 0.6 is 11.3 Å². The van der Waals surface area contributed by atoms with E-state index < -0.39 is 0 Å². The third-order valence-electron chi connectivity index (χ3n) is 9.76. The summed E-state index contributed by atoms with van der Waals surface area (Å²) in [4.78, 5) is 2.53. The minimum atomic E-state index is 1.14. The number of fused-ring (bicyclic) bond motifs is 8. The maximum absolute atomic E-state index is 2.53. The normalized spacial score (nSPS) is 11.7. The Labute approximate surface area is 288 Å². The first-order valence-corrected chi connectivity index (χ1v) is 17.5. The lowest BCUT2D eigenvalue weighted by atomic mass is 9.98. The molecule has 0 saturated carbocycles. The van der Waals surface area contributed by atoms with E-state index in [-0.39, 0.29) is 0 Å². The van der Waals surface area contributed by atoms with Crippen LogP contribution in [0.4, 0.5) is 17.1 Å². The van der Waals surface area contributed by atoms with Gasteiger partial charge in [0, 0.05) is 47.6 Å². The maximum atomic E-state index is 2.53. The molecule has 10 aromatic rings. The van der Waals surface area contributed by atoms with E-state index in [4.69, 9.17) is 0 Å². The van der Waals surface area contributed by atoms with Crippen LogP contribution in [0.2, 0.25) is 0 Å². The van der Waals surface area contributed by atoms with E-state index in [2.05, 4.69) is 191 Å². The van der Waals surface area contributed by atoms with Gasteiger partial charge in [-0.25, -0.2) is 0 Å². The van der Waals surface area contributed by atoms with Crippen molar-refractivity contribution in [2.45, 2.75) is 0 Å². The second-order valence-corrected chi connectivity index (χ2v) is 13.6. The van der Waals surface area contributed by atoms with Gasteiger partial charge in [0.15, 0.2) is 0 Å². The average molecular weight is 643 g/mol. The lowest BCUT2D eigenvalue weighted by Gasteiger charge is -2.30. The summed E-state index contributed by atoms with van der Waals surface area (Å²) in [7, 11) is 0. The van der Waals surface area contributed by atoms with Crippen LogP contribution < -0.4 is 4.90 Å². The van der Waals surface area contributed by atoms with E-state index in [1.807, 2.05) is 11.3 Å². The summed E-state index contributed by atoms with van der Waals surface area (Å²) in [6.45, 7) is 0. The molecule has 0 fully saturated rings. The zero-order valence-electron chi connectivity index (χ0n) is 26.6. The molecule has 0 bridgehead atoms. The summed E-state index contributed by atoms with van der Waals surface area (Å²) in [5.74, 6) is 0. The molecule has 0 aliphatic heterocycles. The number of anilines is 3. The minimum Gasteiger partial charge on any atom is -0.309 e. The van der Waals surface area contributed by atoms with Crippen molar-refractivity contribution in [1.29, 1.82) is 0 Å². The Balaban J connectivity index is 1.37. The Morgan fingerprint density at radius 2 is 1.00 bits per heavy atom. The predicted molar refractivity (Wildman–Crippen MR) is 211 cm³/mol. The van der Waals surface area contributed by atoms with Gasteiger partial charge in [-0.05, 0) is 59.5 Å². The van der Waals surface area contributed by atoms with Crippen LogP contribution in [-0.4, -0.2) is 4.57 Å². The highest BCUT2D eigenvalue weighted by atomic mass is 32.1. The van der Waals surface area contributed by atoms with Gasteiger partial charge in [-0.15, -0.1) is 11.3 Å². The van der Waals surface area contributed by atoms with Crippen molar-refractivity contribution in [1.82, 2.24) is 4.57 Å². The summed E-state index contributed by atoms with van der Waals surface area (Å²) >= 11 is 1.88. The first-order valence-electron chi connectivity index (χ1n) is 16.7. The number of rotatable bonds is 5. The smallest absolute Gasteiger partial charge is 0.0562 e. The summed E-state index contributed by atoms with van der Waals surface area (Å²) in [6.07, 6.45) is 0. The number of hydrogen-bond donors (Lipinski definition) is 0. The molecular weight excluding hydrogens is 613 g/mol. The number of aromatic nitrogens is 1. The van der Waals surface area contributed by atoms with Gasteiger partial charge >= 0.3 is 0 Å². The number of para-hydroxylation sites is 3. The van der Waals surface area contributed by atoms with Crippen molar-refractivity contribution in [3.63, 3.8) is 0 Å². The van der Waals surface area contributed by atoms with Crippen LogP contribution in [0.5, 0.6) is 0 Å². The molecule has 0 amide bonds. The molecule has 8 aromatic carbocycles. The van der Waals surface area contributed by atoms with E-state index >= 15 is 0 Å². The van der Waals surface area contributed by atoms with Gasteiger partial charge in [0.2, 0.25) is 0 Å². The first-order chi connectivity index (χ1) is 24.3. The number of nitrogens with zero attached hydrogens (tertiary/aromatic N) is 2. The maximum Gasteiger partial charge on any atom is 0.0562 e. The van der Waals surface area contributed by atoms with Crippen LogP contribution in [0.1, 0.15) is 0 Å². The Kier molecular flexibility index (Phi) is 6.39. The fourth-order valence-electron chi connectivity index (χ4n) is 7.72. The highest BCUT2D eigenvalue weighted by Gasteiger charge is 2.25. The quantitative estimate of drug-likeness (QED) is 0.181. The fraction of sp³-hybridized carbons (Fsp3) is 0. The topological polar surface area (TPSA) is 8.17 Å². The Hall–Kier alpha value is -6.16. The summed E-state index contributed by atoms with van der Waals surface area (Å²) in [5.41, 5.74) is 9.36. The third-order valence-corrected chi connectivity index (χ3v) is 10.9. The van der Waals surface area contributed by atoms with Crippen molar-refractivity contribution in [3.05, 3.63) is 182 Å². The van der Waals surface area contributed by atoms with E-state index in [1.54, 1.807) is 0 Å². The summed E-state index contributed by atoms with van der Waals surface area (Å²) < 4.78 is 5.00. The van der Waals surface area contributed by atoms with Crippen molar-refractivity contribution in [2.24, 2.45) is 0 Å². The molecule has 49 heavy (non-hydrogen) atoms. The SMILES string of the molecule is c1ccc(-c2ccccc2N(c2cc3sc4ccccc4c3c3ccccc23)c2cccc3c2c2ccccc2n3-c2ccccc2)cc1. The van der Waals surface area contributed by atoms with E-state index in [0.29, 0.717) is 0 Å². The molecule has 0 saturated heterocycles. The zero-order chi connectivity index (χ0) is 32.3. The lowest BCUT2D eigenvalue weighted by Crippen LogP contribution is -2.12. The molecule has 0 radical (unpaired) electrons. The fourth-order valence-corrected chi connectivity index (χ4v) is 8.87. The zero-order valence-corrected chi connectivity index (χ0v) is 27.4. The van der Waals surface area contributed by atoms with Crippen LogP contribution in [-0.2, 0) is 0 Å². The van der Waals surface area contributed by atoms with Crippen LogP contribution in [0, 0.1) is 0 Å². The monoisotopic (exact) mass is 642 g/mol. The highest BCUT2D eigenvalue weighted by molar-refractivity contribution is 7.26. The lowest BCUT2D eigenvalue weighted by molar-refractivity contribution is 1.18. The molecular formula is C46H30N2S. The molecule has 0 N–H and O–H groups in total. The van der Waals surface area contributed by atoms with Gasteiger partial charge in [0.05, 0.1) is 28.1 Å². The molecule has 10 rings (SSSR count). The third kappa shape index (κ3) is 4.33. The van der Waals surface area contributed by atoms with Crippen molar-refractivity contribution >= 4 is 81.1 Å². The molecule has 2 aromatic heterocycles. The second-order valence-electron chi connectivity index (χ2n) is 12.5. The van der Waals surface area contributed by atoms with Crippen molar-refractivity contribution in [3.8, 4) is 16.8 Å². The van der Waals surface area contributed by atoms with Crippen LogP contribution in [0.25, 0.3) is 69.6 Å². The number of benzene rings is 8. The van der Waals surface area contributed by atoms with Crippen molar-refractivity contribution in [2.75, 3.05) is 4.90 Å². The molecule has 2 heterocycles. The van der Waals surface area contributed by atoms with Crippen LogP contribution in [0.15, 0.2) is 182 Å². The Morgan fingerprint density at radius 1 is 0.388 bits per heavy atom. The molecule has 3 heteroatoms. The summed E-state index contributed by atoms with van der Waals surface area (Å²) in [5, 5.41) is 7.60. The molecule has 0 spiro atoms. The molecule has 0 aliphatic rings.